The van der Waals surface area contributed by atoms with E-state index in [9.17, 15) is 14.7 Å². The molecular weight excluding hydrogens is 284 g/mol. The number of carbonyl (C=O) groups is 2. The molecule has 7 heteroatoms. The van der Waals surface area contributed by atoms with Gasteiger partial charge in [0.05, 0.1) is 5.69 Å². The molecule has 1 aromatic rings. The molecule has 2 rings (SSSR count). The SMILES string of the molecule is CCCN(CCC)C(=O)Cn1nnc(C(=O)O)c1C1CCC1. The fraction of sp³-hybridized carbons (Fsp3) is 0.733. The van der Waals surface area contributed by atoms with Gasteiger partial charge in [0.1, 0.15) is 6.54 Å². The van der Waals surface area contributed by atoms with Crippen molar-refractivity contribution in [1.29, 1.82) is 0 Å². The molecule has 7 nitrogen and oxygen atoms in total. The normalized spacial score (nSPS) is 14.6. The molecule has 1 heterocycles. The van der Waals surface area contributed by atoms with E-state index in [-0.39, 0.29) is 24.1 Å². The summed E-state index contributed by atoms with van der Waals surface area (Å²) in [7, 11) is 0. The smallest absolute Gasteiger partial charge is 0.358 e. The molecule has 0 spiro atoms. The van der Waals surface area contributed by atoms with Crippen molar-refractivity contribution in [3.05, 3.63) is 11.4 Å². The van der Waals surface area contributed by atoms with Gasteiger partial charge in [0, 0.05) is 19.0 Å². The first-order valence-corrected chi connectivity index (χ1v) is 8.02. The highest BCUT2D eigenvalue weighted by atomic mass is 16.4. The van der Waals surface area contributed by atoms with Crippen molar-refractivity contribution in [2.75, 3.05) is 13.1 Å². The van der Waals surface area contributed by atoms with Gasteiger partial charge in [-0.1, -0.05) is 25.5 Å². The molecule has 0 saturated heterocycles. The molecule has 1 amide bonds. The van der Waals surface area contributed by atoms with Crippen LogP contribution in [0.1, 0.15) is 68.1 Å². The van der Waals surface area contributed by atoms with Crippen LogP contribution in [0.25, 0.3) is 0 Å². The summed E-state index contributed by atoms with van der Waals surface area (Å²) in [5.41, 5.74) is 0.607. The molecule has 22 heavy (non-hydrogen) atoms. The van der Waals surface area contributed by atoms with Crippen LogP contribution in [-0.2, 0) is 11.3 Å². The lowest BCUT2D eigenvalue weighted by Gasteiger charge is -2.27. The minimum atomic E-state index is -1.07. The number of rotatable bonds is 8. The third-order valence-corrected chi connectivity index (χ3v) is 4.09. The van der Waals surface area contributed by atoms with Gasteiger partial charge in [-0.3, -0.25) is 4.79 Å². The molecule has 0 atom stereocenters. The second-order valence-electron chi connectivity index (χ2n) is 5.79. The summed E-state index contributed by atoms with van der Waals surface area (Å²) in [6, 6.07) is 0. The molecule has 122 valence electrons. The first kappa shape index (κ1) is 16.5. The van der Waals surface area contributed by atoms with Crippen LogP contribution in [0.3, 0.4) is 0 Å². The Morgan fingerprint density at radius 2 is 1.91 bits per heavy atom. The van der Waals surface area contributed by atoms with Gasteiger partial charge in [-0.2, -0.15) is 0 Å². The van der Waals surface area contributed by atoms with E-state index < -0.39 is 5.97 Å². The van der Waals surface area contributed by atoms with Crippen molar-refractivity contribution < 1.29 is 14.7 Å². The fourth-order valence-electron chi connectivity index (χ4n) is 2.80. The van der Waals surface area contributed by atoms with Crippen molar-refractivity contribution in [3.63, 3.8) is 0 Å². The van der Waals surface area contributed by atoms with Gasteiger partial charge in [0.15, 0.2) is 5.69 Å². The Hall–Kier alpha value is -1.92. The van der Waals surface area contributed by atoms with Gasteiger partial charge in [-0.05, 0) is 25.7 Å². The van der Waals surface area contributed by atoms with Crippen molar-refractivity contribution in [1.82, 2.24) is 19.9 Å². The van der Waals surface area contributed by atoms with E-state index in [1.165, 1.54) is 4.68 Å². The van der Waals surface area contributed by atoms with Gasteiger partial charge in [0.25, 0.3) is 0 Å². The minimum absolute atomic E-state index is 0.00460. The molecule has 0 unspecified atom stereocenters. The molecule has 0 aromatic carbocycles. The second-order valence-corrected chi connectivity index (χ2v) is 5.79. The Kier molecular flexibility index (Phi) is 5.51. The maximum atomic E-state index is 12.4. The van der Waals surface area contributed by atoms with Gasteiger partial charge in [-0.25, -0.2) is 9.48 Å². The van der Waals surface area contributed by atoms with Crippen molar-refractivity contribution in [2.45, 2.75) is 58.4 Å². The van der Waals surface area contributed by atoms with E-state index in [0.717, 1.165) is 32.1 Å². The highest BCUT2D eigenvalue weighted by Gasteiger charge is 2.31. The Bertz CT molecular complexity index is 531. The van der Waals surface area contributed by atoms with E-state index in [1.54, 1.807) is 0 Å². The molecular formula is C15H24N4O3. The van der Waals surface area contributed by atoms with Crippen LogP contribution in [-0.4, -0.2) is 50.0 Å². The average Bonchev–Trinajstić information content (AvgIpc) is 2.80. The maximum Gasteiger partial charge on any atom is 0.358 e. The van der Waals surface area contributed by atoms with Crippen molar-refractivity contribution in [2.24, 2.45) is 0 Å². The topological polar surface area (TPSA) is 88.3 Å². The van der Waals surface area contributed by atoms with E-state index in [0.29, 0.717) is 18.8 Å². The van der Waals surface area contributed by atoms with Crippen LogP contribution < -0.4 is 0 Å². The summed E-state index contributed by atoms with van der Waals surface area (Å²) >= 11 is 0. The van der Waals surface area contributed by atoms with Gasteiger partial charge in [0.2, 0.25) is 5.91 Å². The van der Waals surface area contributed by atoms with E-state index in [4.69, 9.17) is 0 Å². The lowest BCUT2D eigenvalue weighted by atomic mass is 9.82. The van der Waals surface area contributed by atoms with Crippen LogP contribution in [0.4, 0.5) is 0 Å². The average molecular weight is 308 g/mol. The number of aromatic nitrogens is 3. The summed E-state index contributed by atoms with van der Waals surface area (Å²) in [6.45, 7) is 5.57. The minimum Gasteiger partial charge on any atom is -0.476 e. The Balaban J connectivity index is 2.17. The number of carboxylic acids is 1. The molecule has 1 aromatic heterocycles. The summed E-state index contributed by atoms with van der Waals surface area (Å²) in [6.07, 6.45) is 4.77. The first-order valence-electron chi connectivity index (χ1n) is 8.02. The molecule has 1 aliphatic carbocycles. The second kappa shape index (κ2) is 7.38. The van der Waals surface area contributed by atoms with E-state index in [1.807, 2.05) is 18.7 Å². The number of aromatic carboxylic acids is 1. The summed E-state index contributed by atoms with van der Waals surface area (Å²) in [5, 5.41) is 16.9. The fourth-order valence-corrected chi connectivity index (χ4v) is 2.80. The molecule has 1 saturated carbocycles. The van der Waals surface area contributed by atoms with Gasteiger partial charge in [-0.15, -0.1) is 5.10 Å². The van der Waals surface area contributed by atoms with Gasteiger partial charge < -0.3 is 10.0 Å². The van der Waals surface area contributed by atoms with Crippen molar-refractivity contribution in [3.8, 4) is 0 Å². The zero-order valence-electron chi connectivity index (χ0n) is 13.3. The summed E-state index contributed by atoms with van der Waals surface area (Å²) in [4.78, 5) is 25.5. The lowest BCUT2D eigenvalue weighted by molar-refractivity contribution is -0.132. The van der Waals surface area contributed by atoms with Crippen molar-refractivity contribution >= 4 is 11.9 Å². The number of nitrogens with zero attached hydrogens (tertiary/aromatic N) is 4. The molecule has 0 radical (unpaired) electrons. The van der Waals surface area contributed by atoms with Crippen LogP contribution in [0.5, 0.6) is 0 Å². The standard InChI is InChI=1S/C15H24N4O3/c1-3-8-18(9-4-2)12(20)10-19-14(11-6-5-7-11)13(15(21)22)16-17-19/h11H,3-10H2,1-2H3,(H,21,22). The number of carboxylic acid groups (broad SMARTS) is 1. The Morgan fingerprint density at radius 1 is 1.27 bits per heavy atom. The molecule has 1 aliphatic rings. The number of hydrogen-bond acceptors (Lipinski definition) is 4. The third kappa shape index (κ3) is 3.45. The Labute approximate surface area is 130 Å². The molecule has 0 aliphatic heterocycles. The van der Waals surface area contributed by atoms with E-state index in [2.05, 4.69) is 10.3 Å². The summed E-state index contributed by atoms with van der Waals surface area (Å²) < 4.78 is 1.49. The molecule has 1 fully saturated rings. The quantitative estimate of drug-likeness (QED) is 0.792. The highest BCUT2D eigenvalue weighted by Crippen LogP contribution is 2.37. The summed E-state index contributed by atoms with van der Waals surface area (Å²) in [5.74, 6) is -0.926. The predicted octanol–water partition coefficient (Wildman–Crippen LogP) is 1.89. The lowest BCUT2D eigenvalue weighted by Crippen LogP contribution is -2.36. The number of hydrogen-bond donors (Lipinski definition) is 1. The number of carbonyl (C=O) groups excluding carboxylic acids is 1. The van der Waals surface area contributed by atoms with Crippen LogP contribution in [0, 0.1) is 0 Å². The Morgan fingerprint density at radius 3 is 2.36 bits per heavy atom. The zero-order valence-corrected chi connectivity index (χ0v) is 13.3. The number of amides is 1. The zero-order chi connectivity index (χ0) is 16.1. The largest absolute Gasteiger partial charge is 0.476 e. The molecule has 0 bridgehead atoms. The first-order chi connectivity index (χ1) is 10.6. The van der Waals surface area contributed by atoms with E-state index >= 15 is 0 Å². The monoisotopic (exact) mass is 308 g/mol. The van der Waals surface area contributed by atoms with Crippen LogP contribution in [0.15, 0.2) is 0 Å². The van der Waals surface area contributed by atoms with Crippen LogP contribution in [0.2, 0.25) is 0 Å². The third-order valence-electron chi connectivity index (χ3n) is 4.09. The predicted molar refractivity (Wildman–Crippen MR) is 80.7 cm³/mol. The van der Waals surface area contributed by atoms with Crippen LogP contribution >= 0.6 is 0 Å². The molecule has 1 N–H and O–H groups in total. The van der Waals surface area contributed by atoms with Gasteiger partial charge >= 0.3 is 5.97 Å². The highest BCUT2D eigenvalue weighted by molar-refractivity contribution is 5.87. The maximum absolute atomic E-state index is 12.4.